The van der Waals surface area contributed by atoms with Crippen molar-refractivity contribution in [3.05, 3.63) is 35.4 Å². The summed E-state index contributed by atoms with van der Waals surface area (Å²) < 4.78 is 26.1. The van der Waals surface area contributed by atoms with E-state index in [1.165, 1.54) is 30.7 Å². The van der Waals surface area contributed by atoms with Gasteiger partial charge in [-0.05, 0) is 49.6 Å². The highest BCUT2D eigenvalue weighted by Crippen LogP contribution is 2.09. The number of hydrogen-bond donors (Lipinski definition) is 1. The molecule has 0 atom stereocenters. The second kappa shape index (κ2) is 8.48. The van der Waals surface area contributed by atoms with Crippen LogP contribution in [0.5, 0.6) is 0 Å². The van der Waals surface area contributed by atoms with E-state index in [9.17, 15) is 8.78 Å². The van der Waals surface area contributed by atoms with Crippen LogP contribution in [0.2, 0.25) is 0 Å². The van der Waals surface area contributed by atoms with E-state index < -0.39 is 0 Å². The average Bonchev–Trinajstić information content (AvgIpc) is 2.32. The van der Waals surface area contributed by atoms with Crippen molar-refractivity contribution < 1.29 is 8.78 Å². The molecule has 0 radical (unpaired) electrons. The van der Waals surface area contributed by atoms with Crippen molar-refractivity contribution >= 4 is 11.8 Å². The Balaban J connectivity index is 2.15. The molecule has 0 aliphatic carbocycles. The summed E-state index contributed by atoms with van der Waals surface area (Å²) in [5, 5.41) is 3.13. The van der Waals surface area contributed by atoms with Crippen LogP contribution in [0.3, 0.4) is 0 Å². The van der Waals surface area contributed by atoms with Crippen molar-refractivity contribution in [1.82, 2.24) is 5.32 Å². The van der Waals surface area contributed by atoms with Crippen molar-refractivity contribution in [3.8, 4) is 0 Å². The SMILES string of the molecule is CSCCCCCNCc1cc(F)ccc1F. The summed E-state index contributed by atoms with van der Waals surface area (Å²) in [7, 11) is 0. The zero-order valence-corrected chi connectivity index (χ0v) is 11.0. The maximum absolute atomic E-state index is 13.2. The molecule has 0 amide bonds. The Morgan fingerprint density at radius 1 is 1.18 bits per heavy atom. The third-order valence-electron chi connectivity index (χ3n) is 2.53. The van der Waals surface area contributed by atoms with E-state index >= 15 is 0 Å². The Morgan fingerprint density at radius 3 is 2.76 bits per heavy atom. The van der Waals surface area contributed by atoms with Crippen LogP contribution in [0, 0.1) is 11.6 Å². The lowest BCUT2D eigenvalue weighted by Crippen LogP contribution is -2.15. The second-order valence-electron chi connectivity index (χ2n) is 3.97. The number of halogens is 2. The first-order valence-electron chi connectivity index (χ1n) is 5.87. The van der Waals surface area contributed by atoms with Crippen LogP contribution >= 0.6 is 11.8 Å². The molecule has 0 aliphatic rings. The number of rotatable bonds is 8. The average molecular weight is 259 g/mol. The van der Waals surface area contributed by atoms with Gasteiger partial charge in [-0.25, -0.2) is 8.78 Å². The molecule has 1 nitrogen and oxygen atoms in total. The van der Waals surface area contributed by atoms with Gasteiger partial charge in [0.1, 0.15) is 11.6 Å². The summed E-state index contributed by atoms with van der Waals surface area (Å²) >= 11 is 1.85. The fourth-order valence-electron chi connectivity index (χ4n) is 1.58. The number of thioether (sulfide) groups is 1. The molecule has 0 aromatic heterocycles. The predicted molar refractivity (Wildman–Crippen MR) is 70.3 cm³/mol. The van der Waals surface area contributed by atoms with E-state index in [1.54, 1.807) is 0 Å². The minimum atomic E-state index is -0.386. The molecule has 0 unspecified atom stereocenters. The van der Waals surface area contributed by atoms with Crippen molar-refractivity contribution in [2.45, 2.75) is 25.8 Å². The van der Waals surface area contributed by atoms with Crippen molar-refractivity contribution in [2.75, 3.05) is 18.6 Å². The monoisotopic (exact) mass is 259 g/mol. The maximum Gasteiger partial charge on any atom is 0.127 e. The molecule has 0 spiro atoms. The van der Waals surface area contributed by atoms with E-state index in [1.807, 2.05) is 11.8 Å². The van der Waals surface area contributed by atoms with Crippen molar-refractivity contribution in [1.29, 1.82) is 0 Å². The summed E-state index contributed by atoms with van der Waals surface area (Å²) in [6.07, 6.45) is 5.58. The molecule has 96 valence electrons. The third-order valence-corrected chi connectivity index (χ3v) is 3.22. The van der Waals surface area contributed by atoms with Gasteiger partial charge in [-0.1, -0.05) is 6.42 Å². The molecular formula is C13H19F2NS. The number of nitrogens with one attached hydrogen (secondary N) is 1. The van der Waals surface area contributed by atoms with Gasteiger partial charge in [0.2, 0.25) is 0 Å². The maximum atomic E-state index is 13.2. The predicted octanol–water partition coefficient (Wildman–Crippen LogP) is 3.59. The van der Waals surface area contributed by atoms with Gasteiger partial charge in [0.25, 0.3) is 0 Å². The quantitative estimate of drug-likeness (QED) is 0.716. The van der Waals surface area contributed by atoms with Crippen LogP contribution in [0.1, 0.15) is 24.8 Å². The fourth-order valence-corrected chi connectivity index (χ4v) is 2.07. The molecule has 1 aromatic carbocycles. The minimum absolute atomic E-state index is 0.346. The summed E-state index contributed by atoms with van der Waals surface area (Å²) in [4.78, 5) is 0. The van der Waals surface area contributed by atoms with Gasteiger partial charge in [0, 0.05) is 12.1 Å². The third kappa shape index (κ3) is 6.03. The Morgan fingerprint density at radius 2 is 2.00 bits per heavy atom. The summed E-state index contributed by atoms with van der Waals surface area (Å²) in [6.45, 7) is 1.25. The van der Waals surface area contributed by atoms with E-state index in [0.29, 0.717) is 12.1 Å². The largest absolute Gasteiger partial charge is 0.313 e. The van der Waals surface area contributed by atoms with Crippen LogP contribution in [-0.2, 0) is 6.54 Å². The van der Waals surface area contributed by atoms with Gasteiger partial charge in [-0.15, -0.1) is 0 Å². The fraction of sp³-hybridized carbons (Fsp3) is 0.538. The number of benzene rings is 1. The Bertz CT molecular complexity index is 331. The molecule has 4 heteroatoms. The number of unbranched alkanes of at least 4 members (excludes halogenated alkanes) is 2. The van der Waals surface area contributed by atoms with E-state index in [2.05, 4.69) is 11.6 Å². The first-order chi connectivity index (χ1) is 8.24. The molecule has 0 fully saturated rings. The number of hydrogen-bond acceptors (Lipinski definition) is 2. The minimum Gasteiger partial charge on any atom is -0.313 e. The smallest absolute Gasteiger partial charge is 0.127 e. The molecule has 0 bridgehead atoms. The molecule has 0 saturated carbocycles. The highest BCUT2D eigenvalue weighted by atomic mass is 32.2. The van der Waals surface area contributed by atoms with Crippen LogP contribution in [0.25, 0.3) is 0 Å². The molecule has 1 rings (SSSR count). The van der Waals surface area contributed by atoms with Gasteiger partial charge in [0.15, 0.2) is 0 Å². The van der Waals surface area contributed by atoms with Crippen molar-refractivity contribution in [3.63, 3.8) is 0 Å². The van der Waals surface area contributed by atoms with E-state index in [-0.39, 0.29) is 11.6 Å². The molecule has 0 saturated heterocycles. The lowest BCUT2D eigenvalue weighted by Gasteiger charge is -2.06. The standard InChI is InChI=1S/C13H19F2NS/c1-17-8-4-2-3-7-16-10-11-9-12(14)5-6-13(11)15/h5-6,9,16H,2-4,7-8,10H2,1H3. The van der Waals surface area contributed by atoms with Gasteiger partial charge < -0.3 is 5.32 Å². The zero-order valence-electron chi connectivity index (χ0n) is 10.1. The highest BCUT2D eigenvalue weighted by Gasteiger charge is 2.02. The summed E-state index contributed by atoms with van der Waals surface area (Å²) in [5.41, 5.74) is 0.397. The van der Waals surface area contributed by atoms with Gasteiger partial charge in [-0.3, -0.25) is 0 Å². The molecule has 1 aromatic rings. The molecule has 0 aliphatic heterocycles. The van der Waals surface area contributed by atoms with Gasteiger partial charge in [-0.2, -0.15) is 11.8 Å². The van der Waals surface area contributed by atoms with E-state index in [4.69, 9.17) is 0 Å². The van der Waals surface area contributed by atoms with Crippen LogP contribution in [0.15, 0.2) is 18.2 Å². The van der Waals surface area contributed by atoms with Crippen LogP contribution in [0.4, 0.5) is 8.78 Å². The highest BCUT2D eigenvalue weighted by molar-refractivity contribution is 7.98. The van der Waals surface area contributed by atoms with E-state index in [0.717, 1.165) is 19.0 Å². The molecule has 1 N–H and O–H groups in total. The zero-order chi connectivity index (χ0) is 12.5. The molecular weight excluding hydrogens is 240 g/mol. The Labute approximate surface area is 106 Å². The second-order valence-corrected chi connectivity index (χ2v) is 4.95. The van der Waals surface area contributed by atoms with Crippen LogP contribution < -0.4 is 5.32 Å². The van der Waals surface area contributed by atoms with Crippen LogP contribution in [-0.4, -0.2) is 18.6 Å². The lowest BCUT2D eigenvalue weighted by atomic mass is 10.2. The first-order valence-corrected chi connectivity index (χ1v) is 7.27. The topological polar surface area (TPSA) is 12.0 Å². The molecule has 17 heavy (non-hydrogen) atoms. The Kier molecular flexibility index (Phi) is 7.21. The van der Waals surface area contributed by atoms with Crippen molar-refractivity contribution in [2.24, 2.45) is 0 Å². The normalized spacial score (nSPS) is 10.8. The molecule has 0 heterocycles. The lowest BCUT2D eigenvalue weighted by molar-refractivity contribution is 0.560. The summed E-state index contributed by atoms with van der Waals surface area (Å²) in [6, 6.07) is 3.56. The van der Waals surface area contributed by atoms with Gasteiger partial charge in [0.05, 0.1) is 0 Å². The Hall–Kier alpha value is -0.610. The van der Waals surface area contributed by atoms with Gasteiger partial charge >= 0.3 is 0 Å². The summed E-state index contributed by atoms with van der Waals surface area (Å²) in [5.74, 6) is 0.461. The first kappa shape index (κ1) is 14.5.